The Morgan fingerprint density at radius 2 is 1.56 bits per heavy atom. The van der Waals surface area contributed by atoms with Gasteiger partial charge in [-0.2, -0.15) is 0 Å². The average molecular weight is 355 g/mol. The van der Waals surface area contributed by atoms with Crippen molar-refractivity contribution < 1.29 is 0 Å². The molecule has 0 amide bonds. The first-order valence-electron chi connectivity index (χ1n) is 9.50. The van der Waals surface area contributed by atoms with Gasteiger partial charge in [0.15, 0.2) is 0 Å². The zero-order valence-electron chi connectivity index (χ0n) is 14.8. The second-order valence-corrected chi connectivity index (χ2v) is 8.05. The Morgan fingerprint density at radius 3 is 2.36 bits per heavy atom. The van der Waals surface area contributed by atoms with E-state index in [-0.39, 0.29) is 0 Å². The van der Waals surface area contributed by atoms with Gasteiger partial charge in [0, 0.05) is 30.2 Å². The SMILES string of the molecule is Clc1ccccc1CN1CCCC12CCCN(Cc1ccccc1)C2. The standard InChI is InChI=1S/C22H27ClN2/c23-21-11-5-4-10-20(21)17-25-15-7-13-22(25)12-6-14-24(18-22)16-19-8-2-1-3-9-19/h1-5,8-11H,6-7,12-18H2. The van der Waals surface area contributed by atoms with Crippen LogP contribution in [0.15, 0.2) is 54.6 Å². The summed E-state index contributed by atoms with van der Waals surface area (Å²) in [5.41, 5.74) is 3.03. The second-order valence-electron chi connectivity index (χ2n) is 7.64. The minimum absolute atomic E-state index is 0.339. The van der Waals surface area contributed by atoms with Crippen molar-refractivity contribution in [2.45, 2.75) is 44.3 Å². The van der Waals surface area contributed by atoms with Gasteiger partial charge in [-0.25, -0.2) is 0 Å². The van der Waals surface area contributed by atoms with E-state index in [2.05, 4.69) is 52.3 Å². The summed E-state index contributed by atoms with van der Waals surface area (Å²) in [6.07, 6.45) is 5.25. The molecule has 0 radical (unpaired) electrons. The van der Waals surface area contributed by atoms with E-state index in [0.717, 1.165) is 18.1 Å². The predicted molar refractivity (Wildman–Crippen MR) is 105 cm³/mol. The summed E-state index contributed by atoms with van der Waals surface area (Å²) in [4.78, 5) is 5.37. The molecular weight excluding hydrogens is 328 g/mol. The van der Waals surface area contributed by atoms with E-state index in [0.29, 0.717) is 5.54 Å². The molecule has 0 saturated carbocycles. The molecule has 2 fully saturated rings. The third kappa shape index (κ3) is 3.76. The van der Waals surface area contributed by atoms with Crippen molar-refractivity contribution in [1.82, 2.24) is 9.80 Å². The van der Waals surface area contributed by atoms with Gasteiger partial charge < -0.3 is 0 Å². The summed E-state index contributed by atoms with van der Waals surface area (Å²) >= 11 is 6.43. The van der Waals surface area contributed by atoms with Crippen molar-refractivity contribution in [3.63, 3.8) is 0 Å². The van der Waals surface area contributed by atoms with Crippen LogP contribution in [0.3, 0.4) is 0 Å². The summed E-state index contributed by atoms with van der Waals surface area (Å²) < 4.78 is 0. The van der Waals surface area contributed by atoms with Crippen molar-refractivity contribution in [1.29, 1.82) is 0 Å². The summed E-state index contributed by atoms with van der Waals surface area (Å²) in [5, 5.41) is 0.904. The zero-order valence-corrected chi connectivity index (χ0v) is 15.6. The van der Waals surface area contributed by atoms with Gasteiger partial charge >= 0.3 is 0 Å². The van der Waals surface area contributed by atoms with E-state index in [1.165, 1.54) is 56.4 Å². The first-order valence-corrected chi connectivity index (χ1v) is 9.88. The molecule has 2 aliphatic heterocycles. The lowest BCUT2D eigenvalue weighted by atomic mass is 9.86. The lowest BCUT2D eigenvalue weighted by Crippen LogP contribution is -2.55. The molecule has 0 aromatic heterocycles. The molecule has 2 aromatic carbocycles. The normalized spacial score (nSPS) is 24.8. The number of halogens is 1. The Morgan fingerprint density at radius 1 is 0.840 bits per heavy atom. The number of piperidine rings is 1. The number of hydrogen-bond donors (Lipinski definition) is 0. The highest BCUT2D eigenvalue weighted by atomic mass is 35.5. The Labute approximate surface area is 156 Å². The molecule has 25 heavy (non-hydrogen) atoms. The van der Waals surface area contributed by atoms with E-state index in [1.54, 1.807) is 0 Å². The number of benzene rings is 2. The molecule has 0 aliphatic carbocycles. The van der Waals surface area contributed by atoms with Crippen LogP contribution in [0, 0.1) is 0 Å². The van der Waals surface area contributed by atoms with Crippen LogP contribution in [0.1, 0.15) is 36.8 Å². The molecule has 2 aliphatic rings. The van der Waals surface area contributed by atoms with Gasteiger partial charge in [0.05, 0.1) is 0 Å². The summed E-state index contributed by atoms with van der Waals surface area (Å²) in [6.45, 7) is 5.66. The Balaban J connectivity index is 1.48. The first-order chi connectivity index (χ1) is 12.3. The third-order valence-electron chi connectivity index (χ3n) is 5.94. The van der Waals surface area contributed by atoms with Gasteiger partial charge in [-0.05, 0) is 56.0 Å². The molecule has 4 rings (SSSR count). The van der Waals surface area contributed by atoms with Crippen molar-refractivity contribution in [2.75, 3.05) is 19.6 Å². The molecule has 0 N–H and O–H groups in total. The smallest absolute Gasteiger partial charge is 0.0451 e. The fraction of sp³-hybridized carbons (Fsp3) is 0.455. The number of nitrogens with zero attached hydrogens (tertiary/aromatic N) is 2. The quantitative estimate of drug-likeness (QED) is 0.764. The Kier molecular flexibility index (Phi) is 5.12. The Hall–Kier alpha value is -1.35. The fourth-order valence-electron chi connectivity index (χ4n) is 4.72. The fourth-order valence-corrected chi connectivity index (χ4v) is 4.91. The summed E-state index contributed by atoms with van der Waals surface area (Å²) in [6, 6.07) is 19.2. The predicted octanol–water partition coefficient (Wildman–Crippen LogP) is 4.97. The minimum Gasteiger partial charge on any atom is -0.297 e. The molecule has 2 nitrogen and oxygen atoms in total. The van der Waals surface area contributed by atoms with Crippen LogP contribution in [0.5, 0.6) is 0 Å². The maximum atomic E-state index is 6.43. The highest BCUT2D eigenvalue weighted by molar-refractivity contribution is 6.31. The average Bonchev–Trinajstić information content (AvgIpc) is 2.99. The van der Waals surface area contributed by atoms with Gasteiger partial charge in [-0.3, -0.25) is 9.80 Å². The van der Waals surface area contributed by atoms with Crippen molar-refractivity contribution in [3.8, 4) is 0 Å². The molecule has 2 heterocycles. The zero-order chi connectivity index (χ0) is 17.1. The van der Waals surface area contributed by atoms with Crippen LogP contribution in [-0.4, -0.2) is 35.0 Å². The molecule has 0 bridgehead atoms. The third-order valence-corrected chi connectivity index (χ3v) is 6.31. The van der Waals surface area contributed by atoms with Crippen LogP contribution in [-0.2, 0) is 13.1 Å². The van der Waals surface area contributed by atoms with E-state index in [4.69, 9.17) is 11.6 Å². The van der Waals surface area contributed by atoms with Crippen LogP contribution in [0.2, 0.25) is 5.02 Å². The van der Waals surface area contributed by atoms with Crippen LogP contribution < -0.4 is 0 Å². The Bertz CT molecular complexity index is 702. The van der Waals surface area contributed by atoms with Crippen LogP contribution in [0.25, 0.3) is 0 Å². The highest BCUT2D eigenvalue weighted by Gasteiger charge is 2.43. The van der Waals surface area contributed by atoms with Gasteiger partial charge in [0.1, 0.15) is 0 Å². The van der Waals surface area contributed by atoms with Crippen LogP contribution in [0.4, 0.5) is 0 Å². The molecule has 3 heteroatoms. The monoisotopic (exact) mass is 354 g/mol. The molecule has 1 atom stereocenters. The maximum Gasteiger partial charge on any atom is 0.0451 e. The first kappa shape index (κ1) is 17.1. The molecule has 1 unspecified atom stereocenters. The van der Waals surface area contributed by atoms with Gasteiger partial charge in [-0.15, -0.1) is 0 Å². The maximum absolute atomic E-state index is 6.43. The molecule has 2 saturated heterocycles. The van der Waals surface area contributed by atoms with Gasteiger partial charge in [0.25, 0.3) is 0 Å². The number of rotatable bonds is 4. The second kappa shape index (κ2) is 7.49. The summed E-state index contributed by atoms with van der Waals surface area (Å²) in [5.74, 6) is 0. The van der Waals surface area contributed by atoms with Crippen molar-refractivity contribution in [2.24, 2.45) is 0 Å². The topological polar surface area (TPSA) is 6.48 Å². The highest BCUT2D eigenvalue weighted by Crippen LogP contribution is 2.39. The van der Waals surface area contributed by atoms with Gasteiger partial charge in [-0.1, -0.05) is 60.1 Å². The van der Waals surface area contributed by atoms with E-state index >= 15 is 0 Å². The minimum atomic E-state index is 0.339. The number of hydrogen-bond acceptors (Lipinski definition) is 2. The lowest BCUT2D eigenvalue weighted by molar-refractivity contribution is 0.0328. The summed E-state index contributed by atoms with van der Waals surface area (Å²) in [7, 11) is 0. The lowest BCUT2D eigenvalue weighted by Gasteiger charge is -2.46. The van der Waals surface area contributed by atoms with E-state index in [9.17, 15) is 0 Å². The molecule has 132 valence electrons. The van der Waals surface area contributed by atoms with E-state index in [1.807, 2.05) is 12.1 Å². The van der Waals surface area contributed by atoms with Crippen LogP contribution >= 0.6 is 11.6 Å². The van der Waals surface area contributed by atoms with E-state index < -0.39 is 0 Å². The number of likely N-dealkylation sites (tertiary alicyclic amines) is 2. The molecule has 2 aromatic rings. The molecular formula is C22H27ClN2. The molecule has 1 spiro atoms. The van der Waals surface area contributed by atoms with Gasteiger partial charge in [0.2, 0.25) is 0 Å². The van der Waals surface area contributed by atoms with Crippen molar-refractivity contribution >= 4 is 11.6 Å². The van der Waals surface area contributed by atoms with Crippen molar-refractivity contribution in [3.05, 3.63) is 70.7 Å². The largest absolute Gasteiger partial charge is 0.297 e.